The number of aryl methyl sites for hydroxylation is 3. The quantitative estimate of drug-likeness (QED) is 0.723. The molecule has 0 bridgehead atoms. The second-order valence-corrected chi connectivity index (χ2v) is 8.45. The first-order valence-corrected chi connectivity index (χ1v) is 9.97. The van der Waals surface area contributed by atoms with Crippen molar-refractivity contribution in [2.45, 2.75) is 18.2 Å². The third-order valence-corrected chi connectivity index (χ3v) is 6.33. The molecule has 0 aliphatic heterocycles. The van der Waals surface area contributed by atoms with Gasteiger partial charge in [0.2, 0.25) is 10.0 Å². The Bertz CT molecular complexity index is 1130. The number of fused-ring (bicyclic) bond motifs is 1. The van der Waals surface area contributed by atoms with Crippen molar-refractivity contribution < 1.29 is 8.42 Å². The van der Waals surface area contributed by atoms with E-state index < -0.39 is 10.0 Å². The van der Waals surface area contributed by atoms with Gasteiger partial charge in [-0.05, 0) is 48.7 Å². The Balaban J connectivity index is 1.86. The summed E-state index contributed by atoms with van der Waals surface area (Å²) in [5.74, 6) is 0. The number of sulfonamides is 1. The number of hydrogen-bond donors (Lipinski definition) is 1. The van der Waals surface area contributed by atoms with Crippen molar-refractivity contribution in [2.24, 2.45) is 14.1 Å². The average Bonchev–Trinajstić information content (AvgIpc) is 2.80. The zero-order valence-electron chi connectivity index (χ0n) is 14.8. The lowest BCUT2D eigenvalue weighted by atomic mass is 10.2. The Morgan fingerprint density at radius 3 is 2.23 bits per heavy atom. The van der Waals surface area contributed by atoms with Crippen LogP contribution in [-0.2, 0) is 30.5 Å². The van der Waals surface area contributed by atoms with Gasteiger partial charge < -0.3 is 0 Å². The van der Waals surface area contributed by atoms with Gasteiger partial charge in [-0.15, -0.1) is 0 Å². The van der Waals surface area contributed by atoms with E-state index in [1.807, 2.05) is 12.1 Å². The van der Waals surface area contributed by atoms with Gasteiger partial charge in [0.15, 0.2) is 0 Å². The summed E-state index contributed by atoms with van der Waals surface area (Å²) in [5, 5.41) is 0.645. The summed E-state index contributed by atoms with van der Waals surface area (Å²) in [6, 6.07) is 10.6. The molecule has 0 saturated heterocycles. The first kappa shape index (κ1) is 18.7. The van der Waals surface area contributed by atoms with E-state index in [1.165, 1.54) is 9.13 Å². The summed E-state index contributed by atoms with van der Waals surface area (Å²) >= 11 is 5.85. The van der Waals surface area contributed by atoms with E-state index in [9.17, 15) is 13.2 Å². The Hall–Kier alpha value is -2.09. The highest BCUT2D eigenvalue weighted by Crippen LogP contribution is 2.22. The van der Waals surface area contributed by atoms with Crippen LogP contribution in [0.4, 0.5) is 0 Å². The van der Waals surface area contributed by atoms with Gasteiger partial charge in [0.05, 0.1) is 15.9 Å². The number of halogens is 1. The molecule has 2 aromatic carbocycles. The predicted molar refractivity (Wildman–Crippen MR) is 103 cm³/mol. The maximum atomic E-state index is 12.7. The minimum absolute atomic E-state index is 0.183. The third kappa shape index (κ3) is 3.42. The Morgan fingerprint density at radius 2 is 1.62 bits per heavy atom. The zero-order valence-corrected chi connectivity index (χ0v) is 16.4. The van der Waals surface area contributed by atoms with E-state index in [2.05, 4.69) is 4.72 Å². The van der Waals surface area contributed by atoms with Crippen LogP contribution in [0.5, 0.6) is 0 Å². The molecule has 8 heteroatoms. The number of imidazole rings is 1. The molecule has 0 spiro atoms. The molecule has 6 nitrogen and oxygen atoms in total. The van der Waals surface area contributed by atoms with Gasteiger partial charge in [-0.25, -0.2) is 17.9 Å². The fourth-order valence-electron chi connectivity index (χ4n) is 2.98. The number of nitrogens with one attached hydrogen (secondary N) is 1. The first-order chi connectivity index (χ1) is 12.2. The number of nitrogens with zero attached hydrogens (tertiary/aromatic N) is 2. The maximum absolute atomic E-state index is 12.7. The molecule has 0 unspecified atom stereocenters. The van der Waals surface area contributed by atoms with Crippen LogP contribution in [0.1, 0.15) is 11.1 Å². The topological polar surface area (TPSA) is 73.1 Å². The van der Waals surface area contributed by atoms with Crippen molar-refractivity contribution in [2.75, 3.05) is 6.54 Å². The highest BCUT2D eigenvalue weighted by atomic mass is 35.5. The van der Waals surface area contributed by atoms with Crippen molar-refractivity contribution in [3.63, 3.8) is 0 Å². The molecule has 0 aliphatic carbocycles. The molecule has 3 aromatic rings. The van der Waals surface area contributed by atoms with E-state index >= 15 is 0 Å². The molecule has 1 heterocycles. The number of hydrogen-bond acceptors (Lipinski definition) is 3. The van der Waals surface area contributed by atoms with Crippen LogP contribution in [0.15, 0.2) is 46.1 Å². The van der Waals surface area contributed by atoms with Crippen LogP contribution in [-0.4, -0.2) is 24.1 Å². The smallest absolute Gasteiger partial charge is 0.295 e. The standard InChI is InChI=1S/C18H20ClN3O3S/c1-12-10-15-16(22(3)18(23)21(15)2)11-17(12)26(24,25)20-9-8-13-4-6-14(19)7-5-13/h4-7,10-11,20H,8-9H2,1-3H3. The lowest BCUT2D eigenvalue weighted by Gasteiger charge is -2.10. The van der Waals surface area contributed by atoms with Gasteiger partial charge in [0.25, 0.3) is 0 Å². The van der Waals surface area contributed by atoms with E-state index in [4.69, 9.17) is 11.6 Å². The molecule has 138 valence electrons. The van der Waals surface area contributed by atoms with Gasteiger partial charge in [-0.3, -0.25) is 9.13 Å². The van der Waals surface area contributed by atoms with Crippen LogP contribution in [0.3, 0.4) is 0 Å². The lowest BCUT2D eigenvalue weighted by molar-refractivity contribution is 0.581. The summed E-state index contributed by atoms with van der Waals surface area (Å²) in [7, 11) is -0.383. The lowest BCUT2D eigenvalue weighted by Crippen LogP contribution is -2.26. The van der Waals surface area contributed by atoms with Crippen molar-refractivity contribution >= 4 is 32.7 Å². The highest BCUT2D eigenvalue weighted by Gasteiger charge is 2.19. The van der Waals surface area contributed by atoms with Crippen molar-refractivity contribution in [1.82, 2.24) is 13.9 Å². The van der Waals surface area contributed by atoms with Crippen LogP contribution in [0.25, 0.3) is 11.0 Å². The summed E-state index contributed by atoms with van der Waals surface area (Å²) in [6.07, 6.45) is 0.557. The average molecular weight is 394 g/mol. The molecule has 1 N–H and O–H groups in total. The van der Waals surface area contributed by atoms with Gasteiger partial charge in [0, 0.05) is 25.7 Å². The van der Waals surface area contributed by atoms with Crippen LogP contribution < -0.4 is 10.4 Å². The molecule has 26 heavy (non-hydrogen) atoms. The summed E-state index contributed by atoms with van der Waals surface area (Å²) in [4.78, 5) is 12.2. The molecule has 0 aliphatic rings. The third-order valence-electron chi connectivity index (χ3n) is 4.48. The molecule has 0 radical (unpaired) electrons. The molecule has 0 amide bonds. The van der Waals surface area contributed by atoms with Crippen molar-refractivity contribution in [3.05, 3.63) is 63.0 Å². The predicted octanol–water partition coefficient (Wildman–Crippen LogP) is 2.36. The second-order valence-electron chi connectivity index (χ2n) is 6.28. The van der Waals surface area contributed by atoms with E-state index in [-0.39, 0.29) is 17.1 Å². The SMILES string of the molecule is Cc1cc2c(cc1S(=O)(=O)NCCc1ccc(Cl)cc1)n(C)c(=O)n2C. The summed E-state index contributed by atoms with van der Waals surface area (Å²) in [6.45, 7) is 2.00. The summed E-state index contributed by atoms with van der Waals surface area (Å²) < 4.78 is 31.0. The van der Waals surface area contributed by atoms with Gasteiger partial charge >= 0.3 is 5.69 Å². The molecule has 1 aromatic heterocycles. The van der Waals surface area contributed by atoms with Crippen LogP contribution in [0, 0.1) is 6.92 Å². The normalized spacial score (nSPS) is 12.0. The minimum atomic E-state index is -3.68. The molecular formula is C18H20ClN3O3S. The highest BCUT2D eigenvalue weighted by molar-refractivity contribution is 7.89. The van der Waals surface area contributed by atoms with Crippen molar-refractivity contribution in [1.29, 1.82) is 0 Å². The Labute approximate surface area is 157 Å². The van der Waals surface area contributed by atoms with Crippen LogP contribution >= 0.6 is 11.6 Å². The van der Waals surface area contributed by atoms with Gasteiger partial charge in [-0.2, -0.15) is 0 Å². The Morgan fingerprint density at radius 1 is 1.04 bits per heavy atom. The zero-order chi connectivity index (χ0) is 19.1. The maximum Gasteiger partial charge on any atom is 0.328 e. The molecule has 0 saturated carbocycles. The largest absolute Gasteiger partial charge is 0.328 e. The molecule has 0 fully saturated rings. The van der Waals surface area contributed by atoms with Gasteiger partial charge in [0.1, 0.15) is 0 Å². The first-order valence-electron chi connectivity index (χ1n) is 8.11. The fraction of sp³-hybridized carbons (Fsp3) is 0.278. The minimum Gasteiger partial charge on any atom is -0.295 e. The van der Waals surface area contributed by atoms with E-state index in [0.29, 0.717) is 28.0 Å². The number of aromatic nitrogens is 2. The molecule has 3 rings (SSSR count). The van der Waals surface area contributed by atoms with Crippen LogP contribution in [0.2, 0.25) is 5.02 Å². The Kier molecular flexibility index (Phi) is 4.96. The fourth-order valence-corrected chi connectivity index (χ4v) is 4.38. The number of benzene rings is 2. The van der Waals surface area contributed by atoms with Gasteiger partial charge in [-0.1, -0.05) is 23.7 Å². The second kappa shape index (κ2) is 6.90. The van der Waals surface area contributed by atoms with E-state index in [0.717, 1.165) is 5.56 Å². The molecule has 0 atom stereocenters. The molecular weight excluding hydrogens is 374 g/mol. The monoisotopic (exact) mass is 393 g/mol. The number of rotatable bonds is 5. The van der Waals surface area contributed by atoms with E-state index in [1.54, 1.807) is 45.3 Å². The van der Waals surface area contributed by atoms with Crippen molar-refractivity contribution in [3.8, 4) is 0 Å². The summed E-state index contributed by atoms with van der Waals surface area (Å²) in [5.41, 5.74) is 2.69.